The molecule has 0 N–H and O–H groups in total. The molecular weight excluding hydrogens is 252 g/mol. The minimum absolute atomic E-state index is 0.0662. The number of hydrogen-bond donors (Lipinski definition) is 0. The largest absolute Gasteiger partial charge is 0.354 e. The highest BCUT2D eigenvalue weighted by Gasteiger charge is 2.46. The molecular formula is C16H14N2O2. The number of fused-ring (bicyclic) bond motifs is 3. The van der Waals surface area contributed by atoms with Crippen LogP contribution in [0.4, 0.5) is 0 Å². The highest BCUT2D eigenvalue weighted by Crippen LogP contribution is 2.44. The fourth-order valence-corrected chi connectivity index (χ4v) is 3.53. The van der Waals surface area contributed by atoms with E-state index in [1.165, 1.54) is 0 Å². The number of hydrogen-bond acceptors (Lipinski definition) is 3. The van der Waals surface area contributed by atoms with Crippen molar-refractivity contribution in [3.05, 3.63) is 35.0 Å². The molecule has 4 rings (SSSR count). The van der Waals surface area contributed by atoms with Crippen molar-refractivity contribution >= 4 is 16.8 Å². The summed E-state index contributed by atoms with van der Waals surface area (Å²) >= 11 is 0. The van der Waals surface area contributed by atoms with Gasteiger partial charge in [-0.2, -0.15) is 5.26 Å². The molecule has 4 nitrogen and oxygen atoms in total. The Kier molecular flexibility index (Phi) is 2.17. The van der Waals surface area contributed by atoms with Crippen LogP contribution in [0.3, 0.4) is 0 Å². The molecule has 1 atom stereocenters. The van der Waals surface area contributed by atoms with E-state index in [4.69, 9.17) is 4.74 Å². The molecule has 0 radical (unpaired) electrons. The number of aromatic nitrogens is 1. The van der Waals surface area contributed by atoms with Crippen LogP contribution in [0.2, 0.25) is 0 Å². The van der Waals surface area contributed by atoms with E-state index >= 15 is 0 Å². The topological polar surface area (TPSA) is 55.0 Å². The number of rotatable bonds is 0. The highest BCUT2D eigenvalue weighted by molar-refractivity contribution is 5.98. The van der Waals surface area contributed by atoms with Crippen molar-refractivity contribution in [2.75, 3.05) is 6.61 Å². The smallest absolute Gasteiger partial charge is 0.231 e. The van der Waals surface area contributed by atoms with Gasteiger partial charge in [-0.25, -0.2) is 0 Å². The quantitative estimate of drug-likeness (QED) is 0.736. The monoisotopic (exact) mass is 266 g/mol. The molecule has 1 unspecified atom stereocenters. The fourth-order valence-electron chi connectivity index (χ4n) is 3.53. The summed E-state index contributed by atoms with van der Waals surface area (Å²) in [5.74, 6) is 0.0662. The number of carbonyl (C=O) groups is 1. The zero-order valence-electron chi connectivity index (χ0n) is 11.3. The van der Waals surface area contributed by atoms with Crippen molar-refractivity contribution in [1.82, 2.24) is 4.57 Å². The number of carbonyl (C=O) groups excluding carboxylic acids is 1. The zero-order valence-corrected chi connectivity index (χ0v) is 11.3. The number of ether oxygens (including phenoxy) is 1. The molecule has 0 aliphatic carbocycles. The Morgan fingerprint density at radius 2 is 2.25 bits per heavy atom. The van der Waals surface area contributed by atoms with Gasteiger partial charge in [0.1, 0.15) is 6.07 Å². The van der Waals surface area contributed by atoms with Crippen LogP contribution in [-0.4, -0.2) is 17.1 Å². The number of nitriles is 1. The van der Waals surface area contributed by atoms with Crippen LogP contribution < -0.4 is 0 Å². The molecule has 2 aliphatic heterocycles. The Labute approximate surface area is 116 Å². The molecule has 1 aromatic heterocycles. The molecule has 2 aromatic rings. The summed E-state index contributed by atoms with van der Waals surface area (Å²) < 4.78 is 7.51. The lowest BCUT2D eigenvalue weighted by Gasteiger charge is -2.35. The van der Waals surface area contributed by atoms with Crippen LogP contribution in [0.5, 0.6) is 0 Å². The standard InChI is InChI=1S/C16H14N2O2/c1-10-2-3-13-12(8-10)11-5-7-20-16(9-17)6-4-14(19)18(13)15(11)16/h2-3,8H,4-7H2,1H3. The second kappa shape index (κ2) is 3.71. The van der Waals surface area contributed by atoms with Crippen LogP contribution in [0.25, 0.3) is 10.9 Å². The highest BCUT2D eigenvalue weighted by atomic mass is 16.5. The predicted molar refractivity (Wildman–Crippen MR) is 73.5 cm³/mol. The Hall–Kier alpha value is -2.12. The first kappa shape index (κ1) is 11.7. The third-order valence-electron chi connectivity index (χ3n) is 4.43. The van der Waals surface area contributed by atoms with Gasteiger partial charge in [0, 0.05) is 18.2 Å². The first-order valence-electron chi connectivity index (χ1n) is 6.89. The van der Waals surface area contributed by atoms with E-state index in [9.17, 15) is 10.1 Å². The van der Waals surface area contributed by atoms with E-state index in [1.807, 2.05) is 19.1 Å². The van der Waals surface area contributed by atoms with Gasteiger partial charge in [0.25, 0.3) is 0 Å². The first-order valence-corrected chi connectivity index (χ1v) is 6.89. The summed E-state index contributed by atoms with van der Waals surface area (Å²) in [6.45, 7) is 2.59. The van der Waals surface area contributed by atoms with E-state index < -0.39 is 5.60 Å². The van der Waals surface area contributed by atoms with Crippen LogP contribution in [-0.2, 0) is 16.8 Å². The number of aryl methyl sites for hydroxylation is 1. The maximum absolute atomic E-state index is 12.3. The Morgan fingerprint density at radius 3 is 3.05 bits per heavy atom. The van der Waals surface area contributed by atoms with Crippen LogP contribution in [0.15, 0.2) is 18.2 Å². The average Bonchev–Trinajstić information content (AvgIpc) is 2.79. The Balaban J connectivity index is 2.19. The molecule has 2 aliphatic rings. The zero-order chi connectivity index (χ0) is 13.9. The molecule has 0 spiro atoms. The van der Waals surface area contributed by atoms with Crippen molar-refractivity contribution in [2.45, 2.75) is 31.8 Å². The Bertz CT molecular complexity index is 797. The average molecular weight is 266 g/mol. The second-order valence-electron chi connectivity index (χ2n) is 5.61. The molecule has 3 heterocycles. The molecule has 0 saturated heterocycles. The lowest BCUT2D eigenvalue weighted by molar-refractivity contribution is -0.0331. The Morgan fingerprint density at radius 1 is 1.40 bits per heavy atom. The van der Waals surface area contributed by atoms with Crippen molar-refractivity contribution in [2.24, 2.45) is 0 Å². The summed E-state index contributed by atoms with van der Waals surface area (Å²) in [6.07, 6.45) is 1.58. The third-order valence-corrected chi connectivity index (χ3v) is 4.43. The van der Waals surface area contributed by atoms with Gasteiger partial charge in [0.05, 0.1) is 17.8 Å². The summed E-state index contributed by atoms with van der Waals surface area (Å²) in [5.41, 5.74) is 3.04. The van der Waals surface area contributed by atoms with Crippen LogP contribution >= 0.6 is 0 Å². The van der Waals surface area contributed by atoms with Gasteiger partial charge in [0.15, 0.2) is 5.60 Å². The van der Waals surface area contributed by atoms with Crippen molar-refractivity contribution in [3.63, 3.8) is 0 Å². The minimum atomic E-state index is -0.936. The van der Waals surface area contributed by atoms with Gasteiger partial charge < -0.3 is 4.74 Å². The maximum atomic E-state index is 12.3. The summed E-state index contributed by atoms with van der Waals surface area (Å²) in [5, 5.41) is 10.7. The van der Waals surface area contributed by atoms with Gasteiger partial charge in [-0.05, 0) is 31.0 Å². The maximum Gasteiger partial charge on any atom is 0.231 e. The number of benzene rings is 1. The van der Waals surface area contributed by atoms with Crippen molar-refractivity contribution in [3.8, 4) is 6.07 Å². The molecule has 1 aromatic carbocycles. The van der Waals surface area contributed by atoms with Gasteiger partial charge in [-0.15, -0.1) is 0 Å². The van der Waals surface area contributed by atoms with E-state index in [0.717, 1.165) is 34.1 Å². The SMILES string of the molecule is Cc1ccc2c(c1)c1c3n2C(=O)CCC3(C#N)OCC1. The summed E-state index contributed by atoms with van der Waals surface area (Å²) in [4.78, 5) is 12.3. The molecule has 4 heteroatoms. The molecule has 100 valence electrons. The predicted octanol–water partition coefficient (Wildman–Crippen LogP) is 2.68. The van der Waals surface area contributed by atoms with Gasteiger partial charge in [-0.1, -0.05) is 11.6 Å². The number of nitrogens with zero attached hydrogens (tertiary/aromatic N) is 2. The van der Waals surface area contributed by atoms with Crippen LogP contribution in [0, 0.1) is 18.3 Å². The van der Waals surface area contributed by atoms with Gasteiger partial charge in [-0.3, -0.25) is 9.36 Å². The minimum Gasteiger partial charge on any atom is -0.354 e. The van der Waals surface area contributed by atoms with E-state index in [0.29, 0.717) is 19.4 Å². The lowest BCUT2D eigenvalue weighted by Crippen LogP contribution is -2.41. The van der Waals surface area contributed by atoms with E-state index in [-0.39, 0.29) is 5.91 Å². The molecule has 20 heavy (non-hydrogen) atoms. The lowest BCUT2D eigenvalue weighted by atomic mass is 9.86. The molecule has 0 fully saturated rings. The normalized spacial score (nSPS) is 24.5. The molecule has 0 bridgehead atoms. The van der Waals surface area contributed by atoms with Crippen molar-refractivity contribution in [1.29, 1.82) is 5.26 Å². The third kappa shape index (κ3) is 1.26. The van der Waals surface area contributed by atoms with E-state index in [1.54, 1.807) is 4.57 Å². The van der Waals surface area contributed by atoms with Crippen LogP contribution in [0.1, 0.15) is 34.5 Å². The van der Waals surface area contributed by atoms with Gasteiger partial charge in [0.2, 0.25) is 5.91 Å². The summed E-state index contributed by atoms with van der Waals surface area (Å²) in [7, 11) is 0. The van der Waals surface area contributed by atoms with E-state index in [2.05, 4.69) is 12.1 Å². The van der Waals surface area contributed by atoms with Gasteiger partial charge >= 0.3 is 0 Å². The first-order chi connectivity index (χ1) is 9.66. The molecule has 0 saturated carbocycles. The summed E-state index contributed by atoms with van der Waals surface area (Å²) in [6, 6.07) is 8.41. The molecule has 0 amide bonds. The van der Waals surface area contributed by atoms with Crippen molar-refractivity contribution < 1.29 is 9.53 Å². The fraction of sp³-hybridized carbons (Fsp3) is 0.375. The second-order valence-corrected chi connectivity index (χ2v) is 5.61.